The maximum Gasteiger partial charge on any atom is 0.236 e. The molecule has 0 saturated carbocycles. The number of amides is 1. The molecule has 2 saturated heterocycles. The number of nitrogens with zero attached hydrogens (tertiary/aromatic N) is 3. The van der Waals surface area contributed by atoms with Gasteiger partial charge in [0.15, 0.2) is 0 Å². The van der Waals surface area contributed by atoms with E-state index in [0.717, 1.165) is 45.2 Å². The highest BCUT2D eigenvalue weighted by Crippen LogP contribution is 2.06. The van der Waals surface area contributed by atoms with Crippen LogP contribution in [0.3, 0.4) is 0 Å². The third-order valence-corrected chi connectivity index (χ3v) is 3.81. The first-order valence-corrected chi connectivity index (χ1v) is 7.45. The predicted molar refractivity (Wildman–Crippen MR) is 75.1 cm³/mol. The van der Waals surface area contributed by atoms with Crippen molar-refractivity contribution in [1.82, 2.24) is 14.7 Å². The average Bonchev–Trinajstić information content (AvgIpc) is 2.41. The van der Waals surface area contributed by atoms with Crippen LogP contribution in [0.5, 0.6) is 0 Å². The molecular formula is C14H27N3O2. The zero-order valence-corrected chi connectivity index (χ0v) is 12.3. The highest BCUT2D eigenvalue weighted by Gasteiger charge is 2.22. The Labute approximate surface area is 116 Å². The van der Waals surface area contributed by atoms with E-state index in [1.54, 1.807) is 0 Å². The first kappa shape index (κ1) is 14.8. The topological polar surface area (TPSA) is 36.0 Å². The van der Waals surface area contributed by atoms with Gasteiger partial charge in [0.05, 0.1) is 19.8 Å². The summed E-state index contributed by atoms with van der Waals surface area (Å²) in [4.78, 5) is 18.9. The molecule has 0 atom stereocenters. The Bertz CT molecular complexity index is 282. The van der Waals surface area contributed by atoms with Gasteiger partial charge in [-0.05, 0) is 5.92 Å². The second-order valence-electron chi connectivity index (χ2n) is 5.96. The maximum absolute atomic E-state index is 12.1. The molecule has 0 aromatic rings. The lowest BCUT2D eigenvalue weighted by atomic mass is 10.2. The summed E-state index contributed by atoms with van der Waals surface area (Å²) in [5.41, 5.74) is 0. The molecule has 2 aliphatic heterocycles. The van der Waals surface area contributed by atoms with E-state index in [9.17, 15) is 4.79 Å². The molecule has 110 valence electrons. The average molecular weight is 269 g/mol. The lowest BCUT2D eigenvalue weighted by Crippen LogP contribution is -2.52. The van der Waals surface area contributed by atoms with Gasteiger partial charge in [0.25, 0.3) is 0 Å². The molecule has 0 unspecified atom stereocenters. The Morgan fingerprint density at radius 2 is 1.58 bits per heavy atom. The molecule has 0 bridgehead atoms. The van der Waals surface area contributed by atoms with Crippen LogP contribution in [-0.2, 0) is 9.53 Å². The lowest BCUT2D eigenvalue weighted by molar-refractivity contribution is -0.136. The minimum atomic E-state index is 0.264. The maximum atomic E-state index is 12.1. The van der Waals surface area contributed by atoms with Crippen molar-refractivity contribution in [2.45, 2.75) is 13.8 Å². The molecule has 19 heavy (non-hydrogen) atoms. The molecule has 5 nitrogen and oxygen atoms in total. The zero-order chi connectivity index (χ0) is 13.7. The fraction of sp³-hybridized carbons (Fsp3) is 0.929. The molecule has 0 radical (unpaired) electrons. The van der Waals surface area contributed by atoms with Gasteiger partial charge in [-0.2, -0.15) is 0 Å². The third-order valence-electron chi connectivity index (χ3n) is 3.81. The normalized spacial score (nSPS) is 23.0. The number of carbonyl (C=O) groups is 1. The van der Waals surface area contributed by atoms with Gasteiger partial charge in [0.1, 0.15) is 0 Å². The second-order valence-corrected chi connectivity index (χ2v) is 5.96. The molecule has 2 rings (SSSR count). The summed E-state index contributed by atoms with van der Waals surface area (Å²) in [5.74, 6) is 0.988. The van der Waals surface area contributed by atoms with Gasteiger partial charge in [-0.25, -0.2) is 0 Å². The number of piperazine rings is 1. The fourth-order valence-electron chi connectivity index (χ4n) is 2.75. The van der Waals surface area contributed by atoms with Gasteiger partial charge in [0.2, 0.25) is 5.91 Å². The summed E-state index contributed by atoms with van der Waals surface area (Å²) in [7, 11) is 0. The third kappa shape index (κ3) is 4.75. The van der Waals surface area contributed by atoms with Crippen molar-refractivity contribution in [2.24, 2.45) is 5.92 Å². The van der Waals surface area contributed by atoms with E-state index < -0.39 is 0 Å². The molecule has 2 heterocycles. The Morgan fingerprint density at radius 1 is 1.00 bits per heavy atom. The number of hydrogen-bond donors (Lipinski definition) is 0. The Balaban J connectivity index is 1.68. The van der Waals surface area contributed by atoms with Crippen LogP contribution in [0.2, 0.25) is 0 Å². The van der Waals surface area contributed by atoms with Gasteiger partial charge in [-0.15, -0.1) is 0 Å². The van der Waals surface area contributed by atoms with Gasteiger partial charge in [-0.3, -0.25) is 9.69 Å². The van der Waals surface area contributed by atoms with Gasteiger partial charge >= 0.3 is 0 Å². The Kier molecular flexibility index (Phi) is 5.60. The molecule has 2 aliphatic rings. The second kappa shape index (κ2) is 7.22. The van der Waals surface area contributed by atoms with Gasteiger partial charge < -0.3 is 14.5 Å². The predicted octanol–water partition coefficient (Wildman–Crippen LogP) is 0.119. The summed E-state index contributed by atoms with van der Waals surface area (Å²) in [6.45, 7) is 13.4. The van der Waals surface area contributed by atoms with Crippen LogP contribution >= 0.6 is 0 Å². The van der Waals surface area contributed by atoms with Crippen LogP contribution < -0.4 is 0 Å². The standard InChI is InChI=1S/C14H27N3O2/c1-13(2)11-15-3-5-16(6-4-15)12-14(18)17-7-9-19-10-8-17/h13H,3-12H2,1-2H3. The van der Waals surface area contributed by atoms with Gasteiger partial charge in [-0.1, -0.05) is 13.8 Å². The summed E-state index contributed by atoms with van der Waals surface area (Å²) in [5, 5.41) is 0. The summed E-state index contributed by atoms with van der Waals surface area (Å²) in [6, 6.07) is 0. The van der Waals surface area contributed by atoms with Gasteiger partial charge in [0, 0.05) is 45.8 Å². The van der Waals surface area contributed by atoms with Crippen molar-refractivity contribution in [1.29, 1.82) is 0 Å². The van der Waals surface area contributed by atoms with E-state index in [1.807, 2.05) is 4.90 Å². The molecule has 0 aliphatic carbocycles. The van der Waals surface area contributed by atoms with E-state index in [2.05, 4.69) is 23.6 Å². The summed E-state index contributed by atoms with van der Waals surface area (Å²) >= 11 is 0. The van der Waals surface area contributed by atoms with Crippen molar-refractivity contribution in [2.75, 3.05) is 65.6 Å². The van der Waals surface area contributed by atoms with Crippen molar-refractivity contribution in [3.63, 3.8) is 0 Å². The molecule has 2 fully saturated rings. The van der Waals surface area contributed by atoms with Crippen LogP contribution in [0.15, 0.2) is 0 Å². The number of hydrogen-bond acceptors (Lipinski definition) is 4. The quantitative estimate of drug-likeness (QED) is 0.726. The first-order valence-electron chi connectivity index (χ1n) is 7.45. The van der Waals surface area contributed by atoms with Crippen LogP contribution in [0.25, 0.3) is 0 Å². The number of rotatable bonds is 4. The number of carbonyl (C=O) groups excluding carboxylic acids is 1. The number of morpholine rings is 1. The molecule has 0 spiro atoms. The zero-order valence-electron chi connectivity index (χ0n) is 12.3. The first-order chi connectivity index (χ1) is 9.15. The van der Waals surface area contributed by atoms with E-state index >= 15 is 0 Å². The highest BCUT2D eigenvalue weighted by molar-refractivity contribution is 5.78. The Hall–Kier alpha value is -0.650. The number of ether oxygens (including phenoxy) is 1. The summed E-state index contributed by atoms with van der Waals surface area (Å²) < 4.78 is 5.28. The van der Waals surface area contributed by atoms with Crippen molar-refractivity contribution < 1.29 is 9.53 Å². The largest absolute Gasteiger partial charge is 0.378 e. The van der Waals surface area contributed by atoms with Crippen LogP contribution in [-0.4, -0.2) is 86.2 Å². The smallest absolute Gasteiger partial charge is 0.236 e. The van der Waals surface area contributed by atoms with Crippen LogP contribution in [0.4, 0.5) is 0 Å². The molecule has 0 N–H and O–H groups in total. The molecular weight excluding hydrogens is 242 g/mol. The van der Waals surface area contributed by atoms with E-state index in [1.165, 1.54) is 6.54 Å². The molecule has 1 amide bonds. The van der Waals surface area contributed by atoms with E-state index in [4.69, 9.17) is 4.74 Å². The lowest BCUT2D eigenvalue weighted by Gasteiger charge is -2.36. The minimum absolute atomic E-state index is 0.264. The monoisotopic (exact) mass is 269 g/mol. The van der Waals surface area contributed by atoms with Crippen LogP contribution in [0.1, 0.15) is 13.8 Å². The SMILES string of the molecule is CC(C)CN1CCN(CC(=O)N2CCOCC2)CC1. The van der Waals surface area contributed by atoms with E-state index in [0.29, 0.717) is 19.8 Å². The Morgan fingerprint density at radius 3 is 2.16 bits per heavy atom. The van der Waals surface area contributed by atoms with Crippen LogP contribution in [0, 0.1) is 5.92 Å². The molecule has 5 heteroatoms. The van der Waals surface area contributed by atoms with Crippen molar-refractivity contribution in [3.8, 4) is 0 Å². The molecule has 0 aromatic heterocycles. The molecule has 0 aromatic carbocycles. The van der Waals surface area contributed by atoms with Crippen molar-refractivity contribution >= 4 is 5.91 Å². The van der Waals surface area contributed by atoms with E-state index in [-0.39, 0.29) is 5.91 Å². The minimum Gasteiger partial charge on any atom is -0.378 e. The summed E-state index contributed by atoms with van der Waals surface area (Å²) in [6.07, 6.45) is 0. The fourth-order valence-corrected chi connectivity index (χ4v) is 2.75. The highest BCUT2D eigenvalue weighted by atomic mass is 16.5. The van der Waals surface area contributed by atoms with Crippen molar-refractivity contribution in [3.05, 3.63) is 0 Å².